The molecule has 0 aromatic heterocycles. The first-order valence-corrected chi connectivity index (χ1v) is 4.36. The highest BCUT2D eigenvalue weighted by Crippen LogP contribution is 2.17. The van der Waals surface area contributed by atoms with Crippen LogP contribution in [0, 0.1) is 10.1 Å². The molecule has 0 fully saturated rings. The van der Waals surface area contributed by atoms with E-state index in [1.165, 1.54) is 24.3 Å². The number of non-ortho nitro benzene ring substituents is 1. The van der Waals surface area contributed by atoms with Crippen molar-refractivity contribution >= 4 is 17.6 Å². The minimum atomic E-state index is -1.27. The van der Waals surface area contributed by atoms with Gasteiger partial charge in [-0.15, -0.1) is 0 Å². The number of aliphatic carboxylic acids is 1. The van der Waals surface area contributed by atoms with E-state index in [4.69, 9.17) is 5.11 Å². The third-order valence-corrected chi connectivity index (χ3v) is 1.63. The van der Waals surface area contributed by atoms with Crippen molar-refractivity contribution in [3.8, 4) is 5.75 Å². The summed E-state index contributed by atoms with van der Waals surface area (Å²) in [7, 11) is 0. The number of hydrogen-bond donors (Lipinski definition) is 1. The molecule has 0 bridgehead atoms. The van der Waals surface area contributed by atoms with E-state index in [0.717, 1.165) is 6.08 Å². The first kappa shape index (κ1) is 12.4. The van der Waals surface area contributed by atoms with Gasteiger partial charge in [0.25, 0.3) is 5.69 Å². The maximum Gasteiger partial charge on any atom is 0.336 e. The molecule has 0 aliphatic heterocycles. The highest BCUT2D eigenvalue weighted by molar-refractivity contribution is 5.91. The number of rotatable bonds is 4. The topological polar surface area (TPSA) is 107 Å². The van der Waals surface area contributed by atoms with Crippen molar-refractivity contribution in [1.82, 2.24) is 0 Å². The van der Waals surface area contributed by atoms with Gasteiger partial charge in [-0.2, -0.15) is 0 Å². The zero-order valence-electron chi connectivity index (χ0n) is 8.40. The standard InChI is InChI=1S/C10H7NO6/c12-9(13)5-6-10(14)17-8-3-1-7(2-4-8)11(15)16/h1-6H,(H,12,13)/b6-5+. The highest BCUT2D eigenvalue weighted by Gasteiger charge is 2.06. The minimum Gasteiger partial charge on any atom is -0.478 e. The Morgan fingerprint density at radius 3 is 2.29 bits per heavy atom. The average molecular weight is 237 g/mol. The third-order valence-electron chi connectivity index (χ3n) is 1.63. The molecule has 1 aromatic carbocycles. The summed E-state index contributed by atoms with van der Waals surface area (Å²) in [4.78, 5) is 30.9. The van der Waals surface area contributed by atoms with Crippen molar-refractivity contribution in [3.63, 3.8) is 0 Å². The molecule has 0 saturated heterocycles. The van der Waals surface area contributed by atoms with Crippen molar-refractivity contribution < 1.29 is 24.4 Å². The number of ether oxygens (including phenoxy) is 1. The molecule has 0 heterocycles. The Kier molecular flexibility index (Phi) is 3.93. The van der Waals surface area contributed by atoms with E-state index in [-0.39, 0.29) is 11.4 Å². The maximum atomic E-state index is 11.0. The van der Waals surface area contributed by atoms with Gasteiger partial charge in [0.15, 0.2) is 0 Å². The first-order chi connectivity index (χ1) is 7.99. The van der Waals surface area contributed by atoms with Crippen LogP contribution in [-0.4, -0.2) is 22.0 Å². The monoisotopic (exact) mass is 237 g/mol. The lowest BCUT2D eigenvalue weighted by molar-refractivity contribution is -0.384. The van der Waals surface area contributed by atoms with Crippen LogP contribution in [0.1, 0.15) is 0 Å². The number of esters is 1. The largest absolute Gasteiger partial charge is 0.478 e. The molecule has 1 rings (SSSR count). The van der Waals surface area contributed by atoms with Crippen LogP contribution >= 0.6 is 0 Å². The Labute approximate surface area is 95.1 Å². The van der Waals surface area contributed by atoms with Gasteiger partial charge in [-0.05, 0) is 12.1 Å². The van der Waals surface area contributed by atoms with E-state index >= 15 is 0 Å². The number of carboxylic acid groups (broad SMARTS) is 1. The zero-order valence-corrected chi connectivity index (χ0v) is 8.40. The molecule has 17 heavy (non-hydrogen) atoms. The van der Waals surface area contributed by atoms with Gasteiger partial charge in [-0.25, -0.2) is 9.59 Å². The summed E-state index contributed by atoms with van der Waals surface area (Å²) in [6, 6.07) is 4.82. The van der Waals surface area contributed by atoms with Gasteiger partial charge in [0.1, 0.15) is 5.75 Å². The number of carbonyl (C=O) groups excluding carboxylic acids is 1. The number of benzene rings is 1. The van der Waals surface area contributed by atoms with Crippen LogP contribution in [0.25, 0.3) is 0 Å². The predicted octanol–water partition coefficient (Wildman–Crippen LogP) is 1.14. The van der Waals surface area contributed by atoms with Crippen molar-refractivity contribution in [3.05, 3.63) is 46.5 Å². The molecule has 0 aliphatic rings. The van der Waals surface area contributed by atoms with Crippen LogP contribution in [0.4, 0.5) is 5.69 Å². The molecule has 0 saturated carbocycles. The molecule has 7 heteroatoms. The molecule has 0 spiro atoms. The number of nitrogens with zero attached hydrogens (tertiary/aromatic N) is 1. The lowest BCUT2D eigenvalue weighted by Gasteiger charge is -1.99. The average Bonchev–Trinajstić information content (AvgIpc) is 2.27. The van der Waals surface area contributed by atoms with Crippen LogP contribution in [0.5, 0.6) is 5.75 Å². The Bertz CT molecular complexity index is 476. The summed E-state index contributed by atoms with van der Waals surface area (Å²) in [6.07, 6.45) is 1.37. The second kappa shape index (κ2) is 5.40. The van der Waals surface area contributed by atoms with Gasteiger partial charge < -0.3 is 9.84 Å². The van der Waals surface area contributed by atoms with Crippen LogP contribution in [0.2, 0.25) is 0 Å². The van der Waals surface area contributed by atoms with E-state index in [0.29, 0.717) is 6.08 Å². The van der Waals surface area contributed by atoms with Crippen LogP contribution < -0.4 is 4.74 Å². The number of nitro benzene ring substituents is 1. The van der Waals surface area contributed by atoms with E-state index in [1.54, 1.807) is 0 Å². The van der Waals surface area contributed by atoms with E-state index in [9.17, 15) is 19.7 Å². The molecule has 0 radical (unpaired) electrons. The van der Waals surface area contributed by atoms with Crippen LogP contribution in [0.15, 0.2) is 36.4 Å². The van der Waals surface area contributed by atoms with Crippen molar-refractivity contribution in [1.29, 1.82) is 0 Å². The SMILES string of the molecule is O=C(O)/C=C/C(=O)Oc1ccc([N+](=O)[O-])cc1. The molecule has 1 aromatic rings. The Balaban J connectivity index is 2.66. The van der Waals surface area contributed by atoms with Crippen LogP contribution in [0.3, 0.4) is 0 Å². The van der Waals surface area contributed by atoms with E-state index in [2.05, 4.69) is 4.74 Å². The summed E-state index contributed by atoms with van der Waals surface area (Å²) >= 11 is 0. The van der Waals surface area contributed by atoms with Gasteiger partial charge in [0, 0.05) is 24.3 Å². The fourth-order valence-electron chi connectivity index (χ4n) is 0.925. The number of nitro groups is 1. The predicted molar refractivity (Wildman–Crippen MR) is 55.5 cm³/mol. The summed E-state index contributed by atoms with van der Waals surface area (Å²) in [6.45, 7) is 0. The second-order valence-corrected chi connectivity index (χ2v) is 2.84. The summed E-state index contributed by atoms with van der Waals surface area (Å²) < 4.78 is 4.69. The molecular formula is C10H7NO6. The Hall–Kier alpha value is -2.70. The number of carboxylic acids is 1. The summed E-state index contributed by atoms with van der Waals surface area (Å²) in [5, 5.41) is 18.6. The summed E-state index contributed by atoms with van der Waals surface area (Å²) in [5.74, 6) is -2.05. The minimum absolute atomic E-state index is 0.0932. The smallest absolute Gasteiger partial charge is 0.336 e. The zero-order chi connectivity index (χ0) is 12.8. The lowest BCUT2D eigenvalue weighted by Crippen LogP contribution is -2.04. The molecule has 0 amide bonds. The number of carbonyl (C=O) groups is 2. The molecular weight excluding hydrogens is 230 g/mol. The van der Waals surface area contributed by atoms with Crippen molar-refractivity contribution in [2.75, 3.05) is 0 Å². The summed E-state index contributed by atoms with van der Waals surface area (Å²) in [5.41, 5.74) is -0.133. The Morgan fingerprint density at radius 2 is 1.82 bits per heavy atom. The quantitative estimate of drug-likeness (QED) is 0.276. The van der Waals surface area contributed by atoms with Gasteiger partial charge in [-0.1, -0.05) is 0 Å². The molecule has 1 N–H and O–H groups in total. The van der Waals surface area contributed by atoms with Gasteiger partial charge in [-0.3, -0.25) is 10.1 Å². The molecule has 7 nitrogen and oxygen atoms in total. The van der Waals surface area contributed by atoms with Gasteiger partial charge in [0.05, 0.1) is 4.92 Å². The second-order valence-electron chi connectivity index (χ2n) is 2.84. The first-order valence-electron chi connectivity index (χ1n) is 4.36. The molecule has 0 unspecified atom stereocenters. The van der Waals surface area contributed by atoms with Gasteiger partial charge >= 0.3 is 11.9 Å². The fraction of sp³-hybridized carbons (Fsp3) is 0. The number of hydrogen-bond acceptors (Lipinski definition) is 5. The lowest BCUT2D eigenvalue weighted by atomic mass is 10.3. The Morgan fingerprint density at radius 1 is 1.24 bits per heavy atom. The normalized spacial score (nSPS) is 10.1. The van der Waals surface area contributed by atoms with Crippen LogP contribution in [-0.2, 0) is 9.59 Å². The molecule has 0 aliphatic carbocycles. The van der Waals surface area contributed by atoms with Crippen molar-refractivity contribution in [2.45, 2.75) is 0 Å². The fourth-order valence-corrected chi connectivity index (χ4v) is 0.925. The third kappa shape index (κ3) is 4.12. The highest BCUT2D eigenvalue weighted by atomic mass is 16.6. The van der Waals surface area contributed by atoms with Crippen molar-refractivity contribution in [2.24, 2.45) is 0 Å². The van der Waals surface area contributed by atoms with Gasteiger partial charge in [0.2, 0.25) is 0 Å². The maximum absolute atomic E-state index is 11.0. The molecule has 88 valence electrons. The molecule has 0 atom stereocenters. The van der Waals surface area contributed by atoms with E-state index in [1.807, 2.05) is 0 Å². The van der Waals surface area contributed by atoms with E-state index < -0.39 is 16.9 Å².